The van der Waals surface area contributed by atoms with Crippen LogP contribution in [0, 0.1) is 12.3 Å². The molecule has 0 bridgehead atoms. The van der Waals surface area contributed by atoms with Crippen LogP contribution >= 0.6 is 0 Å². The maximum atomic E-state index is 5.79. The van der Waals surface area contributed by atoms with Crippen molar-refractivity contribution in [2.24, 2.45) is 5.41 Å². The number of anilines is 1. The van der Waals surface area contributed by atoms with Gasteiger partial charge in [0.1, 0.15) is 5.82 Å². The molecule has 0 amide bonds. The molecule has 2 fully saturated rings. The van der Waals surface area contributed by atoms with Gasteiger partial charge in [0.2, 0.25) is 0 Å². The van der Waals surface area contributed by atoms with Gasteiger partial charge in [-0.1, -0.05) is 0 Å². The number of ether oxygens (including phenoxy) is 1. The quantitative estimate of drug-likeness (QED) is 0.552. The number of imidazole rings is 1. The summed E-state index contributed by atoms with van der Waals surface area (Å²) in [5.41, 5.74) is 4.88. The molecule has 6 rings (SSSR count). The molecule has 0 aliphatic carbocycles. The zero-order chi connectivity index (χ0) is 20.1. The van der Waals surface area contributed by atoms with Crippen molar-refractivity contribution in [2.75, 3.05) is 31.2 Å². The Morgan fingerprint density at radius 3 is 2.83 bits per heavy atom. The molecule has 8 heteroatoms. The van der Waals surface area contributed by atoms with Gasteiger partial charge in [-0.3, -0.25) is 5.10 Å². The van der Waals surface area contributed by atoms with E-state index in [1.807, 2.05) is 23.8 Å². The number of aromatic nitrogens is 6. The Labute approximate surface area is 174 Å². The molecule has 0 unspecified atom stereocenters. The second-order valence-corrected chi connectivity index (χ2v) is 8.68. The summed E-state index contributed by atoms with van der Waals surface area (Å²) in [5, 5.41) is 13.2. The van der Waals surface area contributed by atoms with E-state index >= 15 is 0 Å². The predicted molar refractivity (Wildman–Crippen MR) is 115 cm³/mol. The molecule has 8 nitrogen and oxygen atoms in total. The fourth-order valence-corrected chi connectivity index (χ4v) is 4.91. The summed E-state index contributed by atoms with van der Waals surface area (Å²) >= 11 is 0. The van der Waals surface area contributed by atoms with Crippen LogP contribution in [0.15, 0.2) is 30.6 Å². The molecule has 1 spiro atoms. The lowest BCUT2D eigenvalue weighted by atomic mass is 9.74. The summed E-state index contributed by atoms with van der Waals surface area (Å²) in [6.45, 7) is 5.87. The molecule has 30 heavy (non-hydrogen) atoms. The normalized spacial score (nSPS) is 19.2. The van der Waals surface area contributed by atoms with E-state index in [0.29, 0.717) is 5.41 Å². The summed E-state index contributed by atoms with van der Waals surface area (Å²) in [7, 11) is 0. The fraction of sp³-hybridized carbons (Fsp3) is 0.455. The molecule has 2 saturated heterocycles. The van der Waals surface area contributed by atoms with Crippen molar-refractivity contribution >= 4 is 22.5 Å². The molecule has 2 aliphatic heterocycles. The number of aryl methyl sites for hydroxylation is 1. The third-order valence-electron chi connectivity index (χ3n) is 6.80. The molecular weight excluding hydrogens is 378 g/mol. The van der Waals surface area contributed by atoms with Crippen LogP contribution in [0.1, 0.15) is 31.4 Å². The Balaban J connectivity index is 1.32. The molecule has 1 N–H and O–H groups in total. The number of fused-ring (bicyclic) bond motifs is 2. The lowest BCUT2D eigenvalue weighted by molar-refractivity contribution is -0.0210. The SMILES string of the molecule is Cc1n[nH]c2ncc(-c3cnc4ccc(N5CCC6(CCCOC6)CC5)nn34)cc12. The van der Waals surface area contributed by atoms with Crippen molar-refractivity contribution in [3.8, 4) is 11.3 Å². The molecule has 0 atom stereocenters. The number of aromatic amines is 1. The van der Waals surface area contributed by atoms with Gasteiger partial charge in [-0.25, -0.2) is 14.5 Å². The zero-order valence-corrected chi connectivity index (χ0v) is 17.1. The van der Waals surface area contributed by atoms with Crippen LogP contribution in [-0.4, -0.2) is 56.1 Å². The highest BCUT2D eigenvalue weighted by Gasteiger charge is 2.36. The average molecular weight is 403 g/mol. The first kappa shape index (κ1) is 17.8. The molecular formula is C22H25N7O. The largest absolute Gasteiger partial charge is 0.381 e. The first-order chi connectivity index (χ1) is 14.7. The second-order valence-electron chi connectivity index (χ2n) is 8.68. The Hall–Kier alpha value is -3.00. The van der Waals surface area contributed by atoms with Crippen LogP contribution < -0.4 is 4.90 Å². The fourth-order valence-electron chi connectivity index (χ4n) is 4.91. The Kier molecular flexibility index (Phi) is 4.02. The molecule has 2 aliphatic rings. The molecule has 0 radical (unpaired) electrons. The number of hydrogen-bond donors (Lipinski definition) is 1. The van der Waals surface area contributed by atoms with Crippen LogP contribution in [0.25, 0.3) is 27.9 Å². The Morgan fingerprint density at radius 2 is 2.00 bits per heavy atom. The molecule has 4 aromatic rings. The van der Waals surface area contributed by atoms with Gasteiger partial charge in [-0.15, -0.1) is 5.10 Å². The maximum Gasteiger partial charge on any atom is 0.155 e. The number of piperidine rings is 1. The van der Waals surface area contributed by atoms with Gasteiger partial charge in [0.15, 0.2) is 11.3 Å². The van der Waals surface area contributed by atoms with Crippen molar-refractivity contribution in [3.63, 3.8) is 0 Å². The van der Waals surface area contributed by atoms with Gasteiger partial charge in [0.05, 0.1) is 24.2 Å². The third-order valence-corrected chi connectivity index (χ3v) is 6.80. The highest BCUT2D eigenvalue weighted by molar-refractivity contribution is 5.82. The number of pyridine rings is 1. The van der Waals surface area contributed by atoms with Gasteiger partial charge in [-0.05, 0) is 56.2 Å². The van der Waals surface area contributed by atoms with Crippen molar-refractivity contribution in [1.82, 2.24) is 29.8 Å². The number of nitrogens with one attached hydrogen (secondary N) is 1. The first-order valence-electron chi connectivity index (χ1n) is 10.7. The maximum absolute atomic E-state index is 5.79. The van der Waals surface area contributed by atoms with E-state index in [9.17, 15) is 0 Å². The highest BCUT2D eigenvalue weighted by Crippen LogP contribution is 2.39. The van der Waals surface area contributed by atoms with Crippen LogP contribution in [0.5, 0.6) is 0 Å². The minimum absolute atomic E-state index is 0.378. The average Bonchev–Trinajstić information content (AvgIpc) is 3.38. The molecule has 6 heterocycles. The van der Waals surface area contributed by atoms with Gasteiger partial charge >= 0.3 is 0 Å². The monoisotopic (exact) mass is 403 g/mol. The van der Waals surface area contributed by atoms with Crippen LogP contribution in [0.3, 0.4) is 0 Å². The lowest BCUT2D eigenvalue weighted by Gasteiger charge is -2.44. The van der Waals surface area contributed by atoms with E-state index in [4.69, 9.17) is 9.84 Å². The first-order valence-corrected chi connectivity index (χ1v) is 10.7. The lowest BCUT2D eigenvalue weighted by Crippen LogP contribution is -2.44. The van der Waals surface area contributed by atoms with E-state index in [-0.39, 0.29) is 0 Å². The van der Waals surface area contributed by atoms with Gasteiger partial charge in [0.25, 0.3) is 0 Å². The molecule has 0 aromatic carbocycles. The molecule has 4 aromatic heterocycles. The van der Waals surface area contributed by atoms with E-state index < -0.39 is 0 Å². The molecule has 0 saturated carbocycles. The van der Waals surface area contributed by atoms with Crippen LogP contribution in [0.4, 0.5) is 5.82 Å². The van der Waals surface area contributed by atoms with Crippen molar-refractivity contribution in [3.05, 3.63) is 36.3 Å². The highest BCUT2D eigenvalue weighted by atomic mass is 16.5. The number of hydrogen-bond acceptors (Lipinski definition) is 6. The van der Waals surface area contributed by atoms with Crippen molar-refractivity contribution in [2.45, 2.75) is 32.6 Å². The summed E-state index contributed by atoms with van der Waals surface area (Å²) < 4.78 is 7.72. The minimum atomic E-state index is 0.378. The van der Waals surface area contributed by atoms with E-state index in [1.54, 1.807) is 0 Å². The van der Waals surface area contributed by atoms with Crippen molar-refractivity contribution < 1.29 is 4.74 Å². The summed E-state index contributed by atoms with van der Waals surface area (Å²) in [5.74, 6) is 1.00. The predicted octanol–water partition coefficient (Wildman–Crippen LogP) is 3.37. The van der Waals surface area contributed by atoms with E-state index in [1.165, 1.54) is 25.7 Å². The van der Waals surface area contributed by atoms with Gasteiger partial charge in [-0.2, -0.15) is 5.10 Å². The van der Waals surface area contributed by atoms with Crippen LogP contribution in [0.2, 0.25) is 0 Å². The van der Waals surface area contributed by atoms with Gasteiger partial charge in [0, 0.05) is 36.8 Å². The van der Waals surface area contributed by atoms with Crippen molar-refractivity contribution in [1.29, 1.82) is 0 Å². The summed E-state index contributed by atoms with van der Waals surface area (Å²) in [6, 6.07) is 6.24. The Bertz CT molecular complexity index is 1210. The Morgan fingerprint density at radius 1 is 1.10 bits per heavy atom. The number of rotatable bonds is 2. The molecule has 154 valence electrons. The van der Waals surface area contributed by atoms with E-state index in [0.717, 1.165) is 65.8 Å². The third kappa shape index (κ3) is 2.86. The minimum Gasteiger partial charge on any atom is -0.381 e. The van der Waals surface area contributed by atoms with Gasteiger partial charge < -0.3 is 9.64 Å². The zero-order valence-electron chi connectivity index (χ0n) is 17.1. The summed E-state index contributed by atoms with van der Waals surface area (Å²) in [4.78, 5) is 11.5. The summed E-state index contributed by atoms with van der Waals surface area (Å²) in [6.07, 6.45) is 8.55. The second kappa shape index (κ2) is 6.77. The number of nitrogens with zero attached hydrogens (tertiary/aromatic N) is 6. The number of H-pyrrole nitrogens is 1. The topological polar surface area (TPSA) is 84.2 Å². The standard InChI is InChI=1S/C22H25N7O/c1-15-17-11-16(12-24-21(17)26-25-15)18-13-23-19-3-4-20(27-29(18)19)28-8-6-22(7-9-28)5-2-10-30-14-22/h3-4,11-13H,2,5-10,14H2,1H3,(H,24,25,26). The van der Waals surface area contributed by atoms with Crippen LogP contribution in [-0.2, 0) is 4.74 Å². The smallest absolute Gasteiger partial charge is 0.155 e. The van der Waals surface area contributed by atoms with E-state index in [2.05, 4.69) is 43.3 Å².